The maximum absolute atomic E-state index is 11.5. The van der Waals surface area contributed by atoms with E-state index in [4.69, 9.17) is 32.7 Å². The number of aromatic nitrogens is 3. The van der Waals surface area contributed by atoms with Crippen molar-refractivity contribution in [2.24, 2.45) is 0 Å². The summed E-state index contributed by atoms with van der Waals surface area (Å²) in [5.74, 6) is 1.17. The van der Waals surface area contributed by atoms with Gasteiger partial charge in [0.2, 0.25) is 0 Å². The van der Waals surface area contributed by atoms with Crippen LogP contribution in [0.25, 0.3) is 11.3 Å². The van der Waals surface area contributed by atoms with Crippen LogP contribution in [0.5, 0.6) is 11.5 Å². The van der Waals surface area contributed by atoms with Crippen LogP contribution >= 0.6 is 35.0 Å². The van der Waals surface area contributed by atoms with Gasteiger partial charge in [0.25, 0.3) is 0 Å². The molecular weight excluding hydrogens is 435 g/mol. The molecule has 2 heterocycles. The van der Waals surface area contributed by atoms with E-state index in [1.54, 1.807) is 24.4 Å². The summed E-state index contributed by atoms with van der Waals surface area (Å²) in [6, 6.07) is 5.12. The molecule has 0 spiro atoms. The predicted octanol–water partition coefficient (Wildman–Crippen LogP) is 5.14. The van der Waals surface area contributed by atoms with Crippen LogP contribution in [0.2, 0.25) is 10.0 Å². The van der Waals surface area contributed by atoms with Crippen molar-refractivity contribution in [3.05, 3.63) is 46.2 Å². The SMILES string of the molecule is COc1cc(OC)c(Cl)c(Nc2ncccc2-c2nc(SC)ncc2C=O)c1Cl. The normalized spacial score (nSPS) is 10.5. The van der Waals surface area contributed by atoms with Crippen molar-refractivity contribution in [2.45, 2.75) is 5.16 Å². The molecule has 150 valence electrons. The second kappa shape index (κ2) is 9.30. The number of pyridine rings is 1. The average Bonchev–Trinajstić information content (AvgIpc) is 2.76. The second-order valence-corrected chi connectivity index (χ2v) is 7.12. The molecule has 10 heteroatoms. The number of hydrogen-bond donors (Lipinski definition) is 1. The Hall–Kier alpha value is -2.55. The molecule has 29 heavy (non-hydrogen) atoms. The predicted molar refractivity (Wildman–Crippen MR) is 115 cm³/mol. The van der Waals surface area contributed by atoms with E-state index in [1.807, 2.05) is 6.26 Å². The molecule has 1 aromatic carbocycles. The van der Waals surface area contributed by atoms with Crippen molar-refractivity contribution >= 4 is 52.8 Å². The van der Waals surface area contributed by atoms with Gasteiger partial charge in [-0.1, -0.05) is 35.0 Å². The van der Waals surface area contributed by atoms with Crippen LogP contribution in [-0.4, -0.2) is 41.7 Å². The number of methoxy groups -OCH3 is 2. The first-order valence-corrected chi connectivity index (χ1v) is 10.2. The van der Waals surface area contributed by atoms with Gasteiger partial charge in [0.1, 0.15) is 27.4 Å². The fourth-order valence-corrected chi connectivity index (χ4v) is 3.52. The number of aldehydes is 1. The Balaban J connectivity index is 2.17. The first kappa shape index (κ1) is 21.2. The van der Waals surface area contributed by atoms with Gasteiger partial charge in [-0.05, 0) is 18.4 Å². The van der Waals surface area contributed by atoms with E-state index in [9.17, 15) is 4.79 Å². The van der Waals surface area contributed by atoms with Crippen molar-refractivity contribution in [3.8, 4) is 22.8 Å². The van der Waals surface area contributed by atoms with Crippen LogP contribution in [0.4, 0.5) is 11.5 Å². The van der Waals surface area contributed by atoms with Crippen LogP contribution < -0.4 is 14.8 Å². The number of halogens is 2. The lowest BCUT2D eigenvalue weighted by Gasteiger charge is -2.17. The first-order chi connectivity index (χ1) is 14.0. The van der Waals surface area contributed by atoms with Crippen molar-refractivity contribution in [3.63, 3.8) is 0 Å². The van der Waals surface area contributed by atoms with Crippen molar-refractivity contribution in [1.82, 2.24) is 15.0 Å². The number of thioether (sulfide) groups is 1. The Labute approximate surface area is 181 Å². The Kier molecular flexibility index (Phi) is 6.79. The van der Waals surface area contributed by atoms with Crippen molar-refractivity contribution in [2.75, 3.05) is 25.8 Å². The largest absolute Gasteiger partial charge is 0.495 e. The number of benzene rings is 1. The topological polar surface area (TPSA) is 86.2 Å². The lowest BCUT2D eigenvalue weighted by molar-refractivity contribution is 0.112. The van der Waals surface area contributed by atoms with E-state index < -0.39 is 0 Å². The maximum Gasteiger partial charge on any atom is 0.187 e. The summed E-state index contributed by atoms with van der Waals surface area (Å²) < 4.78 is 10.6. The van der Waals surface area contributed by atoms with Gasteiger partial charge in [-0.15, -0.1) is 0 Å². The third kappa shape index (κ3) is 4.24. The number of nitrogens with zero attached hydrogens (tertiary/aromatic N) is 3. The summed E-state index contributed by atoms with van der Waals surface area (Å²) in [7, 11) is 2.98. The molecule has 1 N–H and O–H groups in total. The molecule has 7 nitrogen and oxygen atoms in total. The molecule has 0 atom stereocenters. The molecule has 0 unspecified atom stereocenters. The van der Waals surface area contributed by atoms with Crippen molar-refractivity contribution < 1.29 is 14.3 Å². The number of carbonyl (C=O) groups is 1. The number of nitrogens with one attached hydrogen (secondary N) is 1. The second-order valence-electron chi connectivity index (χ2n) is 5.59. The molecule has 0 fully saturated rings. The lowest BCUT2D eigenvalue weighted by Crippen LogP contribution is -2.03. The first-order valence-electron chi connectivity index (χ1n) is 8.22. The minimum Gasteiger partial charge on any atom is -0.495 e. The highest BCUT2D eigenvalue weighted by Gasteiger charge is 2.20. The molecule has 0 saturated carbocycles. The van der Waals surface area contributed by atoms with Gasteiger partial charge in [0.05, 0.1) is 31.2 Å². The van der Waals surface area contributed by atoms with Crippen LogP contribution in [-0.2, 0) is 0 Å². The molecule has 0 amide bonds. The number of rotatable bonds is 7. The summed E-state index contributed by atoms with van der Waals surface area (Å²) in [6.07, 6.45) is 5.63. The summed E-state index contributed by atoms with van der Waals surface area (Å²) in [5.41, 5.74) is 1.72. The van der Waals surface area contributed by atoms with Gasteiger partial charge < -0.3 is 14.8 Å². The number of anilines is 2. The van der Waals surface area contributed by atoms with Crippen molar-refractivity contribution in [1.29, 1.82) is 0 Å². The smallest absolute Gasteiger partial charge is 0.187 e. The Morgan fingerprint density at radius 3 is 2.41 bits per heavy atom. The molecule has 0 aliphatic rings. The number of carbonyl (C=O) groups excluding carboxylic acids is 1. The standard InChI is InChI=1S/C19H16Cl2N4O3S/c1-27-12-7-13(28-2)15(21)17(14(12)20)24-18-11(5-4-6-22-18)16-10(9-26)8-23-19(25-16)29-3/h4-9H,1-3H3,(H,22,24). The highest BCUT2D eigenvalue weighted by Crippen LogP contribution is 2.45. The van der Waals surface area contributed by atoms with Gasteiger partial charge in [-0.3, -0.25) is 4.79 Å². The highest BCUT2D eigenvalue weighted by molar-refractivity contribution is 7.98. The number of hydrogen-bond acceptors (Lipinski definition) is 8. The van der Waals surface area contributed by atoms with E-state index in [2.05, 4.69) is 20.3 Å². The molecule has 0 bridgehead atoms. The highest BCUT2D eigenvalue weighted by atomic mass is 35.5. The Morgan fingerprint density at radius 1 is 1.14 bits per heavy atom. The van der Waals surface area contributed by atoms with Crippen LogP contribution in [0, 0.1) is 0 Å². The molecule has 0 radical (unpaired) electrons. The summed E-state index contributed by atoms with van der Waals surface area (Å²) in [5, 5.41) is 4.18. The molecule has 0 aliphatic carbocycles. The summed E-state index contributed by atoms with van der Waals surface area (Å²) in [4.78, 5) is 24.5. The zero-order valence-corrected chi connectivity index (χ0v) is 18.0. The molecular formula is C19H16Cl2N4O3S. The fraction of sp³-hybridized carbons (Fsp3) is 0.158. The summed E-state index contributed by atoms with van der Waals surface area (Å²) in [6.45, 7) is 0. The van der Waals surface area contributed by atoms with Crippen LogP contribution in [0.1, 0.15) is 10.4 Å². The van der Waals surface area contributed by atoms with Gasteiger partial charge in [0.15, 0.2) is 11.4 Å². The van der Waals surface area contributed by atoms with E-state index in [0.29, 0.717) is 51.3 Å². The van der Waals surface area contributed by atoms with E-state index in [0.717, 1.165) is 0 Å². The summed E-state index contributed by atoms with van der Waals surface area (Å²) >= 11 is 14.3. The molecule has 0 aliphatic heterocycles. The zero-order valence-electron chi connectivity index (χ0n) is 15.7. The minimum atomic E-state index is 0.262. The zero-order chi connectivity index (χ0) is 21.0. The van der Waals surface area contributed by atoms with Crippen LogP contribution in [0.3, 0.4) is 0 Å². The Morgan fingerprint density at radius 2 is 1.83 bits per heavy atom. The third-order valence-electron chi connectivity index (χ3n) is 3.98. The van der Waals surface area contributed by atoms with Crippen LogP contribution in [0.15, 0.2) is 35.7 Å². The molecule has 0 saturated heterocycles. The monoisotopic (exact) mass is 450 g/mol. The Bertz CT molecular complexity index is 1040. The van der Waals surface area contributed by atoms with Gasteiger partial charge >= 0.3 is 0 Å². The van der Waals surface area contributed by atoms with Gasteiger partial charge in [0, 0.05) is 24.0 Å². The van der Waals surface area contributed by atoms with E-state index in [1.165, 1.54) is 32.2 Å². The molecule has 3 aromatic rings. The third-order valence-corrected chi connectivity index (χ3v) is 5.30. The molecule has 3 rings (SSSR count). The average molecular weight is 451 g/mol. The maximum atomic E-state index is 11.5. The fourth-order valence-electron chi connectivity index (χ4n) is 2.59. The van der Waals surface area contributed by atoms with Gasteiger partial charge in [-0.25, -0.2) is 15.0 Å². The molecule has 2 aromatic heterocycles. The quantitative estimate of drug-likeness (QED) is 0.300. The minimum absolute atomic E-state index is 0.262. The van der Waals surface area contributed by atoms with E-state index >= 15 is 0 Å². The van der Waals surface area contributed by atoms with Gasteiger partial charge in [-0.2, -0.15) is 0 Å². The van der Waals surface area contributed by atoms with E-state index in [-0.39, 0.29) is 10.0 Å². The lowest BCUT2D eigenvalue weighted by atomic mass is 10.1. The number of ether oxygens (including phenoxy) is 2.